The topological polar surface area (TPSA) is 69.7 Å². The van der Waals surface area contributed by atoms with E-state index in [9.17, 15) is 14.4 Å². The first-order valence-electron chi connectivity index (χ1n) is 5.22. The number of hydrogen-bond acceptors (Lipinski definition) is 5. The second kappa shape index (κ2) is 6.25. The van der Waals surface area contributed by atoms with Gasteiger partial charge in [-0.3, -0.25) is 14.4 Å². The minimum Gasteiger partial charge on any atom is -0.466 e. The van der Waals surface area contributed by atoms with E-state index in [1.54, 1.807) is 13.8 Å². The first kappa shape index (κ1) is 14.6. The predicted molar refractivity (Wildman–Crippen MR) is 56.7 cm³/mol. The molecule has 0 unspecified atom stereocenters. The summed E-state index contributed by atoms with van der Waals surface area (Å²) in [5, 5.41) is 0. The van der Waals surface area contributed by atoms with Gasteiger partial charge in [-0.15, -0.1) is 0 Å². The molecule has 5 heteroatoms. The Hall–Kier alpha value is -1.39. The van der Waals surface area contributed by atoms with Crippen molar-refractivity contribution in [3.05, 3.63) is 0 Å². The largest absolute Gasteiger partial charge is 0.466 e. The zero-order chi connectivity index (χ0) is 12.8. The molecule has 0 saturated carbocycles. The standard InChI is InChI=1S/C11H18O5/c1-5-15-9(13)7-11(4,8(3)12)10(14)16-6-2/h5-7H2,1-4H3/t11-/m1/s1. The zero-order valence-electron chi connectivity index (χ0n) is 10.2. The van der Waals surface area contributed by atoms with Crippen LogP contribution in [0.5, 0.6) is 0 Å². The van der Waals surface area contributed by atoms with Gasteiger partial charge in [0.15, 0.2) is 0 Å². The van der Waals surface area contributed by atoms with Crippen LogP contribution in [0, 0.1) is 5.41 Å². The number of hydrogen-bond donors (Lipinski definition) is 0. The van der Waals surface area contributed by atoms with E-state index in [-0.39, 0.29) is 19.6 Å². The Labute approximate surface area is 95.1 Å². The van der Waals surface area contributed by atoms with E-state index in [2.05, 4.69) is 0 Å². The van der Waals surface area contributed by atoms with Gasteiger partial charge in [0.25, 0.3) is 0 Å². The van der Waals surface area contributed by atoms with Crippen LogP contribution in [0.2, 0.25) is 0 Å². The van der Waals surface area contributed by atoms with E-state index in [0.29, 0.717) is 0 Å². The van der Waals surface area contributed by atoms with Crippen LogP contribution in [0.4, 0.5) is 0 Å². The molecule has 0 rings (SSSR count). The van der Waals surface area contributed by atoms with Crippen molar-refractivity contribution in [1.82, 2.24) is 0 Å². The van der Waals surface area contributed by atoms with E-state index in [4.69, 9.17) is 9.47 Å². The highest BCUT2D eigenvalue weighted by molar-refractivity contribution is 6.04. The number of carbonyl (C=O) groups is 3. The van der Waals surface area contributed by atoms with Gasteiger partial charge in [0.05, 0.1) is 19.6 Å². The minimum atomic E-state index is -1.44. The molecule has 0 aliphatic carbocycles. The quantitative estimate of drug-likeness (QED) is 0.504. The molecule has 92 valence electrons. The smallest absolute Gasteiger partial charge is 0.319 e. The minimum absolute atomic E-state index is 0.171. The van der Waals surface area contributed by atoms with E-state index < -0.39 is 23.1 Å². The molecule has 16 heavy (non-hydrogen) atoms. The summed E-state index contributed by atoms with van der Waals surface area (Å²) in [6.45, 7) is 6.34. The normalized spacial score (nSPS) is 13.8. The van der Waals surface area contributed by atoms with Crippen LogP contribution in [-0.2, 0) is 23.9 Å². The van der Waals surface area contributed by atoms with Gasteiger partial charge < -0.3 is 9.47 Å². The summed E-state index contributed by atoms with van der Waals surface area (Å²) in [5.74, 6) is -1.66. The average Bonchev–Trinajstić information content (AvgIpc) is 2.17. The molecular formula is C11H18O5. The summed E-state index contributed by atoms with van der Waals surface area (Å²) in [5.41, 5.74) is -1.44. The van der Waals surface area contributed by atoms with Gasteiger partial charge in [0.1, 0.15) is 11.2 Å². The molecule has 0 aromatic carbocycles. The number of Topliss-reactive ketones (excluding diaryl/α,β-unsaturated/α-hetero) is 1. The van der Waals surface area contributed by atoms with Crippen molar-refractivity contribution in [2.45, 2.75) is 34.1 Å². The number of rotatable bonds is 6. The molecule has 0 aromatic rings. The van der Waals surface area contributed by atoms with Crippen molar-refractivity contribution in [3.63, 3.8) is 0 Å². The highest BCUT2D eigenvalue weighted by atomic mass is 16.5. The molecule has 0 fully saturated rings. The van der Waals surface area contributed by atoms with Crippen LogP contribution in [0.15, 0.2) is 0 Å². The first-order chi connectivity index (χ1) is 7.38. The number of esters is 2. The van der Waals surface area contributed by atoms with Crippen LogP contribution in [0.3, 0.4) is 0 Å². The van der Waals surface area contributed by atoms with E-state index in [0.717, 1.165) is 0 Å². The lowest BCUT2D eigenvalue weighted by atomic mass is 9.83. The fourth-order valence-corrected chi connectivity index (χ4v) is 1.13. The highest BCUT2D eigenvalue weighted by Gasteiger charge is 2.42. The van der Waals surface area contributed by atoms with Crippen molar-refractivity contribution in [2.75, 3.05) is 13.2 Å². The van der Waals surface area contributed by atoms with E-state index in [1.165, 1.54) is 13.8 Å². The fourth-order valence-electron chi connectivity index (χ4n) is 1.13. The molecule has 1 atom stereocenters. The monoisotopic (exact) mass is 230 g/mol. The molecule has 0 spiro atoms. The Balaban J connectivity index is 4.76. The fraction of sp³-hybridized carbons (Fsp3) is 0.727. The summed E-state index contributed by atoms with van der Waals surface area (Å²) in [6.07, 6.45) is -0.283. The second-order valence-electron chi connectivity index (χ2n) is 3.59. The van der Waals surface area contributed by atoms with E-state index >= 15 is 0 Å². The SMILES string of the molecule is CCOC(=O)C[C@](C)(C(C)=O)C(=O)OCC. The van der Waals surface area contributed by atoms with Gasteiger partial charge >= 0.3 is 11.9 Å². The maximum Gasteiger partial charge on any atom is 0.319 e. The number of ether oxygens (including phenoxy) is 2. The van der Waals surface area contributed by atoms with Gasteiger partial charge in [-0.1, -0.05) is 0 Å². The molecule has 0 heterocycles. The molecule has 0 amide bonds. The highest BCUT2D eigenvalue weighted by Crippen LogP contribution is 2.25. The Morgan fingerprint density at radius 1 is 1.06 bits per heavy atom. The Morgan fingerprint density at radius 3 is 1.94 bits per heavy atom. The summed E-state index contributed by atoms with van der Waals surface area (Å²) < 4.78 is 9.50. The zero-order valence-corrected chi connectivity index (χ0v) is 10.2. The van der Waals surface area contributed by atoms with Gasteiger partial charge in [-0.2, -0.15) is 0 Å². The van der Waals surface area contributed by atoms with E-state index in [1.807, 2.05) is 0 Å². The molecule has 0 bridgehead atoms. The van der Waals surface area contributed by atoms with Crippen LogP contribution >= 0.6 is 0 Å². The van der Waals surface area contributed by atoms with Crippen molar-refractivity contribution in [3.8, 4) is 0 Å². The third-order valence-corrected chi connectivity index (χ3v) is 2.31. The van der Waals surface area contributed by atoms with Gasteiger partial charge in [-0.25, -0.2) is 0 Å². The summed E-state index contributed by atoms with van der Waals surface area (Å²) >= 11 is 0. The molecule has 0 aliphatic heterocycles. The molecule has 5 nitrogen and oxygen atoms in total. The molecule has 0 aliphatic rings. The van der Waals surface area contributed by atoms with Crippen LogP contribution in [0.25, 0.3) is 0 Å². The van der Waals surface area contributed by atoms with Crippen molar-refractivity contribution >= 4 is 17.7 Å². The predicted octanol–water partition coefficient (Wildman–Crippen LogP) is 1.10. The van der Waals surface area contributed by atoms with Gasteiger partial charge in [-0.05, 0) is 27.7 Å². The molecular weight excluding hydrogens is 212 g/mol. The Morgan fingerprint density at radius 2 is 1.56 bits per heavy atom. The van der Waals surface area contributed by atoms with Gasteiger partial charge in [0, 0.05) is 0 Å². The third-order valence-electron chi connectivity index (χ3n) is 2.31. The third kappa shape index (κ3) is 3.64. The summed E-state index contributed by atoms with van der Waals surface area (Å²) in [6, 6.07) is 0. The van der Waals surface area contributed by atoms with Crippen molar-refractivity contribution in [2.24, 2.45) is 5.41 Å². The van der Waals surface area contributed by atoms with Crippen LogP contribution < -0.4 is 0 Å². The lowest BCUT2D eigenvalue weighted by Gasteiger charge is -2.22. The summed E-state index contributed by atoms with van der Waals surface area (Å²) in [7, 11) is 0. The Kier molecular flexibility index (Phi) is 5.71. The Bertz CT molecular complexity index is 284. The van der Waals surface area contributed by atoms with Crippen molar-refractivity contribution < 1.29 is 23.9 Å². The lowest BCUT2D eigenvalue weighted by molar-refractivity contribution is -0.164. The average molecular weight is 230 g/mol. The maximum atomic E-state index is 11.6. The number of carbonyl (C=O) groups excluding carboxylic acids is 3. The van der Waals surface area contributed by atoms with Crippen LogP contribution in [0.1, 0.15) is 34.1 Å². The number of ketones is 1. The lowest BCUT2D eigenvalue weighted by Crippen LogP contribution is -2.39. The van der Waals surface area contributed by atoms with Crippen molar-refractivity contribution in [1.29, 1.82) is 0 Å². The molecule has 0 radical (unpaired) electrons. The maximum absolute atomic E-state index is 11.6. The van der Waals surface area contributed by atoms with Gasteiger partial charge in [0.2, 0.25) is 0 Å². The molecule has 0 saturated heterocycles. The second-order valence-corrected chi connectivity index (χ2v) is 3.59. The molecule has 0 N–H and O–H groups in total. The summed E-state index contributed by atoms with van der Waals surface area (Å²) in [4.78, 5) is 34.3. The van der Waals surface area contributed by atoms with Crippen LogP contribution in [-0.4, -0.2) is 30.9 Å². The first-order valence-corrected chi connectivity index (χ1v) is 5.22. The molecule has 0 aromatic heterocycles.